The first-order valence-electron chi connectivity index (χ1n) is 5.24. The molecule has 1 aromatic rings. The van der Waals surface area contributed by atoms with Gasteiger partial charge in [-0.15, -0.1) is 0 Å². The molecule has 0 atom stereocenters. The summed E-state index contributed by atoms with van der Waals surface area (Å²) in [5.74, 6) is 0.282. The van der Waals surface area contributed by atoms with Gasteiger partial charge in [0.2, 0.25) is 0 Å². The van der Waals surface area contributed by atoms with Gasteiger partial charge in [-0.25, -0.2) is 0 Å². The number of methoxy groups -OCH3 is 2. The molecule has 0 aliphatic heterocycles. The highest BCUT2D eigenvalue weighted by atomic mass is 16.5. The molecule has 17 heavy (non-hydrogen) atoms. The molecule has 0 unspecified atom stereocenters. The number of benzene rings is 1. The van der Waals surface area contributed by atoms with Crippen LogP contribution in [0.4, 0.5) is 0 Å². The molecule has 0 spiro atoms. The quantitative estimate of drug-likeness (QED) is 0.870. The minimum absolute atomic E-state index is 0.266. The molecule has 4 nitrogen and oxygen atoms in total. The fraction of sp³-hybridized carbons (Fsp3) is 0.308. The molecule has 0 saturated heterocycles. The molecule has 92 valence electrons. The summed E-state index contributed by atoms with van der Waals surface area (Å²) in [5.41, 5.74) is 7.58. The molecule has 0 aliphatic carbocycles. The highest BCUT2D eigenvalue weighted by molar-refractivity contribution is 5.99. The first-order valence-corrected chi connectivity index (χ1v) is 5.24. The van der Waals surface area contributed by atoms with Crippen molar-refractivity contribution in [1.82, 2.24) is 0 Å². The Bertz CT molecular complexity index is 439. The number of rotatable bonds is 4. The number of hydrogen-bond acceptors (Lipinski definition) is 3. The Morgan fingerprint density at radius 2 is 1.71 bits per heavy atom. The molecule has 0 heterocycles. The van der Waals surface area contributed by atoms with Crippen molar-refractivity contribution in [2.45, 2.75) is 13.8 Å². The van der Waals surface area contributed by atoms with Crippen LogP contribution in [0, 0.1) is 0 Å². The zero-order valence-corrected chi connectivity index (χ0v) is 10.5. The maximum absolute atomic E-state index is 11.4. The van der Waals surface area contributed by atoms with Gasteiger partial charge in [0.15, 0.2) is 0 Å². The van der Waals surface area contributed by atoms with Crippen molar-refractivity contribution in [1.29, 1.82) is 0 Å². The molecule has 0 bridgehead atoms. The fourth-order valence-corrected chi connectivity index (χ4v) is 1.55. The van der Waals surface area contributed by atoms with E-state index in [0.29, 0.717) is 11.5 Å². The summed E-state index contributed by atoms with van der Waals surface area (Å²) in [7, 11) is 2.99. The largest absolute Gasteiger partial charge is 0.496 e. The van der Waals surface area contributed by atoms with Gasteiger partial charge in [0.05, 0.1) is 14.2 Å². The Kier molecular flexibility index (Phi) is 4.15. The molecule has 0 saturated carbocycles. The predicted octanol–water partition coefficient (Wildman–Crippen LogP) is 2.23. The van der Waals surface area contributed by atoms with Gasteiger partial charge in [-0.1, -0.05) is 6.08 Å². The van der Waals surface area contributed by atoms with Gasteiger partial charge in [0, 0.05) is 0 Å². The number of nitrogens with two attached hydrogens (primary N) is 1. The van der Waals surface area contributed by atoms with Crippen LogP contribution in [-0.2, 0) is 0 Å². The summed E-state index contributed by atoms with van der Waals surface area (Å²) in [6.07, 6.45) is 1.97. The molecule has 0 fully saturated rings. The van der Waals surface area contributed by atoms with Crippen molar-refractivity contribution in [3.8, 4) is 11.5 Å². The van der Waals surface area contributed by atoms with Crippen LogP contribution in [0.15, 0.2) is 18.2 Å². The molecular formula is C13H17NO3. The SMILES string of the molecule is C/C=C(\C)c1cc(OC)c(C(N)=O)c(OC)c1. The van der Waals surface area contributed by atoms with E-state index in [9.17, 15) is 4.79 Å². The van der Waals surface area contributed by atoms with Gasteiger partial charge < -0.3 is 15.2 Å². The topological polar surface area (TPSA) is 61.5 Å². The molecule has 4 heteroatoms. The molecule has 1 aromatic carbocycles. The Balaban J connectivity index is 3.50. The number of allylic oxidation sites excluding steroid dienone is 2. The van der Waals surface area contributed by atoms with E-state index in [-0.39, 0.29) is 5.56 Å². The number of amides is 1. The molecule has 2 N–H and O–H groups in total. The first-order chi connectivity index (χ1) is 8.04. The third-order valence-corrected chi connectivity index (χ3v) is 2.64. The molecule has 1 rings (SSSR count). The lowest BCUT2D eigenvalue weighted by atomic mass is 10.0. The number of ether oxygens (including phenoxy) is 2. The second kappa shape index (κ2) is 5.39. The van der Waals surface area contributed by atoms with Gasteiger partial charge in [0.1, 0.15) is 17.1 Å². The van der Waals surface area contributed by atoms with E-state index in [2.05, 4.69) is 0 Å². The lowest BCUT2D eigenvalue weighted by Gasteiger charge is -2.13. The van der Waals surface area contributed by atoms with Crippen molar-refractivity contribution in [2.75, 3.05) is 14.2 Å². The van der Waals surface area contributed by atoms with Crippen molar-refractivity contribution in [2.24, 2.45) is 5.73 Å². The minimum atomic E-state index is -0.566. The number of carbonyl (C=O) groups excluding carboxylic acids is 1. The zero-order chi connectivity index (χ0) is 13.0. The molecule has 0 aromatic heterocycles. The Hall–Kier alpha value is -1.97. The van der Waals surface area contributed by atoms with E-state index < -0.39 is 5.91 Å². The fourth-order valence-electron chi connectivity index (χ4n) is 1.55. The Labute approximate surface area is 101 Å². The summed E-state index contributed by atoms with van der Waals surface area (Å²) in [6.45, 7) is 3.91. The van der Waals surface area contributed by atoms with Gasteiger partial charge in [-0.05, 0) is 37.1 Å². The smallest absolute Gasteiger partial charge is 0.256 e. The van der Waals surface area contributed by atoms with Crippen LogP contribution in [0.25, 0.3) is 5.57 Å². The highest BCUT2D eigenvalue weighted by Crippen LogP contribution is 2.32. The Morgan fingerprint density at radius 1 is 1.24 bits per heavy atom. The summed E-state index contributed by atoms with van der Waals surface area (Å²) in [4.78, 5) is 11.4. The maximum atomic E-state index is 11.4. The monoisotopic (exact) mass is 235 g/mol. The van der Waals surface area contributed by atoms with Crippen molar-refractivity contribution >= 4 is 11.5 Å². The van der Waals surface area contributed by atoms with Gasteiger partial charge in [-0.3, -0.25) is 4.79 Å². The van der Waals surface area contributed by atoms with Gasteiger partial charge >= 0.3 is 0 Å². The number of primary amides is 1. The van der Waals surface area contributed by atoms with Crippen LogP contribution in [0.3, 0.4) is 0 Å². The molecule has 1 amide bonds. The number of carbonyl (C=O) groups is 1. The average molecular weight is 235 g/mol. The van der Waals surface area contributed by atoms with E-state index in [1.54, 1.807) is 12.1 Å². The molecular weight excluding hydrogens is 218 g/mol. The van der Waals surface area contributed by atoms with E-state index >= 15 is 0 Å². The number of hydrogen-bond donors (Lipinski definition) is 1. The average Bonchev–Trinajstić information content (AvgIpc) is 2.35. The van der Waals surface area contributed by atoms with Crippen molar-refractivity contribution < 1.29 is 14.3 Å². The van der Waals surface area contributed by atoms with E-state index in [1.807, 2.05) is 19.9 Å². The summed E-state index contributed by atoms with van der Waals surface area (Å²) >= 11 is 0. The first kappa shape index (κ1) is 13.1. The summed E-state index contributed by atoms with van der Waals surface area (Å²) < 4.78 is 10.4. The summed E-state index contributed by atoms with van der Waals surface area (Å²) in [6, 6.07) is 3.55. The standard InChI is InChI=1S/C13H17NO3/c1-5-8(2)9-6-10(16-3)12(13(14)15)11(7-9)17-4/h5-7H,1-4H3,(H2,14,15)/b8-5+. The van der Waals surface area contributed by atoms with Crippen LogP contribution in [0.1, 0.15) is 29.8 Å². The third-order valence-electron chi connectivity index (χ3n) is 2.64. The summed E-state index contributed by atoms with van der Waals surface area (Å²) in [5, 5.41) is 0. The van der Waals surface area contributed by atoms with Crippen LogP contribution in [0.5, 0.6) is 11.5 Å². The minimum Gasteiger partial charge on any atom is -0.496 e. The van der Waals surface area contributed by atoms with Gasteiger partial charge in [0.25, 0.3) is 5.91 Å². The van der Waals surface area contributed by atoms with Crippen molar-refractivity contribution in [3.05, 3.63) is 29.3 Å². The van der Waals surface area contributed by atoms with Crippen molar-refractivity contribution in [3.63, 3.8) is 0 Å². The predicted molar refractivity (Wildman–Crippen MR) is 67.4 cm³/mol. The zero-order valence-electron chi connectivity index (χ0n) is 10.5. The Morgan fingerprint density at radius 3 is 2.00 bits per heavy atom. The van der Waals surface area contributed by atoms with Crippen LogP contribution >= 0.6 is 0 Å². The highest BCUT2D eigenvalue weighted by Gasteiger charge is 2.17. The normalized spacial score (nSPS) is 11.2. The molecule has 0 aliphatic rings. The second-order valence-corrected chi connectivity index (χ2v) is 3.59. The second-order valence-electron chi connectivity index (χ2n) is 3.59. The van der Waals surface area contributed by atoms with Crippen LogP contribution < -0.4 is 15.2 Å². The van der Waals surface area contributed by atoms with E-state index in [4.69, 9.17) is 15.2 Å². The van der Waals surface area contributed by atoms with Crippen LogP contribution in [0.2, 0.25) is 0 Å². The van der Waals surface area contributed by atoms with E-state index in [0.717, 1.165) is 11.1 Å². The molecule has 0 radical (unpaired) electrons. The lowest BCUT2D eigenvalue weighted by molar-refractivity contribution is 0.0994. The maximum Gasteiger partial charge on any atom is 0.256 e. The van der Waals surface area contributed by atoms with Gasteiger partial charge in [-0.2, -0.15) is 0 Å². The van der Waals surface area contributed by atoms with E-state index in [1.165, 1.54) is 14.2 Å². The van der Waals surface area contributed by atoms with Crippen LogP contribution in [-0.4, -0.2) is 20.1 Å². The lowest BCUT2D eigenvalue weighted by Crippen LogP contribution is -2.14. The third kappa shape index (κ3) is 2.58.